The van der Waals surface area contributed by atoms with Crippen molar-refractivity contribution in [3.8, 4) is 0 Å². The van der Waals surface area contributed by atoms with E-state index in [4.69, 9.17) is 0 Å². The van der Waals surface area contributed by atoms with E-state index >= 15 is 0 Å². The highest BCUT2D eigenvalue weighted by Gasteiger charge is 2.15. The second-order valence-corrected chi connectivity index (χ2v) is 4.05. The van der Waals surface area contributed by atoms with Gasteiger partial charge < -0.3 is 0 Å². The van der Waals surface area contributed by atoms with Crippen molar-refractivity contribution in [1.82, 2.24) is 0 Å². The van der Waals surface area contributed by atoms with Crippen LogP contribution in [0.2, 0.25) is 0 Å². The Morgan fingerprint density at radius 1 is 1.54 bits per heavy atom. The molecule has 0 aromatic heterocycles. The van der Waals surface area contributed by atoms with Gasteiger partial charge in [0.1, 0.15) is 0 Å². The second kappa shape index (κ2) is 4.19. The highest BCUT2D eigenvalue weighted by Crippen LogP contribution is 2.30. The SMILES string of the molecule is Cc1cc(CBr)cc(Br)c1[N+](=O)[O-]. The molecule has 0 aliphatic heterocycles. The van der Waals surface area contributed by atoms with Crippen molar-refractivity contribution in [1.29, 1.82) is 0 Å². The van der Waals surface area contributed by atoms with E-state index in [1.54, 1.807) is 19.1 Å². The van der Waals surface area contributed by atoms with E-state index in [2.05, 4.69) is 31.9 Å². The Bertz CT molecular complexity index is 329. The van der Waals surface area contributed by atoms with Crippen LogP contribution in [-0.4, -0.2) is 4.92 Å². The van der Waals surface area contributed by atoms with Crippen LogP contribution in [0.15, 0.2) is 16.6 Å². The Morgan fingerprint density at radius 3 is 2.54 bits per heavy atom. The molecule has 3 nitrogen and oxygen atoms in total. The lowest BCUT2D eigenvalue weighted by atomic mass is 10.1. The largest absolute Gasteiger partial charge is 0.286 e. The van der Waals surface area contributed by atoms with Crippen LogP contribution in [0.4, 0.5) is 5.69 Å². The van der Waals surface area contributed by atoms with E-state index in [0.717, 1.165) is 5.56 Å². The second-order valence-electron chi connectivity index (χ2n) is 2.63. The van der Waals surface area contributed by atoms with Crippen LogP contribution >= 0.6 is 31.9 Å². The minimum absolute atomic E-state index is 0.143. The fourth-order valence-corrected chi connectivity index (χ4v) is 2.19. The monoisotopic (exact) mass is 307 g/mol. The summed E-state index contributed by atoms with van der Waals surface area (Å²) >= 11 is 6.47. The van der Waals surface area contributed by atoms with Crippen molar-refractivity contribution in [2.45, 2.75) is 12.3 Å². The number of hydrogen-bond donors (Lipinski definition) is 0. The van der Waals surface area contributed by atoms with Crippen LogP contribution in [0.1, 0.15) is 11.1 Å². The molecule has 0 aliphatic carbocycles. The third kappa shape index (κ3) is 2.28. The maximum Gasteiger partial charge on any atom is 0.286 e. The molecule has 0 amide bonds. The summed E-state index contributed by atoms with van der Waals surface area (Å²) in [6, 6.07) is 3.55. The van der Waals surface area contributed by atoms with Crippen molar-refractivity contribution < 1.29 is 4.92 Å². The van der Waals surface area contributed by atoms with Crippen molar-refractivity contribution in [2.75, 3.05) is 0 Å². The predicted octanol–water partition coefficient (Wildman–Crippen LogP) is 3.56. The predicted molar refractivity (Wildman–Crippen MR) is 58.2 cm³/mol. The van der Waals surface area contributed by atoms with Gasteiger partial charge in [-0.25, -0.2) is 0 Å². The summed E-state index contributed by atoms with van der Waals surface area (Å²) in [5, 5.41) is 11.3. The first-order valence-corrected chi connectivity index (χ1v) is 5.47. The number of alkyl halides is 1. The van der Waals surface area contributed by atoms with E-state index in [1.165, 1.54) is 0 Å². The van der Waals surface area contributed by atoms with Gasteiger partial charge in [-0.15, -0.1) is 0 Å². The lowest BCUT2D eigenvalue weighted by molar-refractivity contribution is -0.386. The van der Waals surface area contributed by atoms with Crippen LogP contribution in [-0.2, 0) is 5.33 Å². The van der Waals surface area contributed by atoms with Crippen molar-refractivity contribution in [3.05, 3.63) is 37.8 Å². The number of nitro groups is 1. The summed E-state index contributed by atoms with van der Waals surface area (Å²) in [4.78, 5) is 10.2. The summed E-state index contributed by atoms with van der Waals surface area (Å²) in [6.45, 7) is 1.73. The van der Waals surface area contributed by atoms with Crippen molar-refractivity contribution >= 4 is 37.5 Å². The minimum atomic E-state index is -0.378. The van der Waals surface area contributed by atoms with Gasteiger partial charge in [-0.3, -0.25) is 10.1 Å². The number of rotatable bonds is 2. The number of halogens is 2. The first kappa shape index (κ1) is 10.7. The van der Waals surface area contributed by atoms with Gasteiger partial charge in [0.15, 0.2) is 0 Å². The Balaban J connectivity index is 3.31. The van der Waals surface area contributed by atoms with Crippen LogP contribution in [0.3, 0.4) is 0 Å². The maximum absolute atomic E-state index is 10.6. The van der Waals surface area contributed by atoms with Gasteiger partial charge in [0.05, 0.1) is 9.40 Å². The molecular formula is C8H7Br2NO2. The average Bonchev–Trinajstić information content (AvgIpc) is 2.02. The average molecular weight is 309 g/mol. The first-order valence-electron chi connectivity index (χ1n) is 3.55. The number of nitrogens with zero attached hydrogens (tertiary/aromatic N) is 1. The Hall–Kier alpha value is -0.420. The van der Waals surface area contributed by atoms with Gasteiger partial charge in [0.25, 0.3) is 5.69 Å². The molecule has 1 rings (SSSR count). The molecule has 1 aromatic rings. The summed E-state index contributed by atoms with van der Waals surface area (Å²) in [5.74, 6) is 0. The van der Waals surface area contributed by atoms with Gasteiger partial charge in [0, 0.05) is 10.9 Å². The van der Waals surface area contributed by atoms with Crippen LogP contribution in [0.25, 0.3) is 0 Å². The quantitative estimate of drug-likeness (QED) is 0.476. The van der Waals surface area contributed by atoms with E-state index < -0.39 is 0 Å². The van der Waals surface area contributed by atoms with Gasteiger partial charge in [-0.05, 0) is 40.5 Å². The molecular weight excluding hydrogens is 302 g/mol. The van der Waals surface area contributed by atoms with E-state index in [1.807, 2.05) is 0 Å². The van der Waals surface area contributed by atoms with Crippen LogP contribution in [0.5, 0.6) is 0 Å². The minimum Gasteiger partial charge on any atom is -0.258 e. The third-order valence-corrected chi connectivity index (χ3v) is 2.90. The summed E-state index contributed by atoms with van der Waals surface area (Å²) in [7, 11) is 0. The fraction of sp³-hybridized carbons (Fsp3) is 0.250. The van der Waals surface area contributed by atoms with Gasteiger partial charge >= 0.3 is 0 Å². The standard InChI is InChI=1S/C8H7Br2NO2/c1-5-2-6(4-9)3-7(10)8(5)11(12)13/h2-3H,4H2,1H3. The summed E-state index contributed by atoms with van der Waals surface area (Å²) in [5.41, 5.74) is 1.84. The molecule has 0 radical (unpaired) electrons. The summed E-state index contributed by atoms with van der Waals surface area (Å²) < 4.78 is 0.534. The van der Waals surface area contributed by atoms with Crippen LogP contribution in [0, 0.1) is 17.0 Å². The van der Waals surface area contributed by atoms with E-state index in [-0.39, 0.29) is 10.6 Å². The molecule has 0 heterocycles. The number of aryl methyl sites for hydroxylation is 1. The zero-order chi connectivity index (χ0) is 10.0. The van der Waals surface area contributed by atoms with Crippen molar-refractivity contribution in [2.24, 2.45) is 0 Å². The molecule has 0 bridgehead atoms. The lowest BCUT2D eigenvalue weighted by Gasteiger charge is -2.02. The zero-order valence-electron chi connectivity index (χ0n) is 6.88. The smallest absolute Gasteiger partial charge is 0.258 e. The molecule has 0 aliphatic rings. The molecule has 0 unspecified atom stereocenters. The zero-order valence-corrected chi connectivity index (χ0v) is 10.1. The molecule has 70 valence electrons. The topological polar surface area (TPSA) is 43.1 Å². The highest BCUT2D eigenvalue weighted by molar-refractivity contribution is 9.10. The molecule has 0 N–H and O–H groups in total. The molecule has 0 saturated heterocycles. The summed E-state index contributed by atoms with van der Waals surface area (Å²) in [6.07, 6.45) is 0. The normalized spacial score (nSPS) is 10.1. The van der Waals surface area contributed by atoms with Crippen molar-refractivity contribution in [3.63, 3.8) is 0 Å². The van der Waals surface area contributed by atoms with E-state index in [0.29, 0.717) is 15.4 Å². The fourth-order valence-electron chi connectivity index (χ4n) is 1.12. The first-order chi connectivity index (χ1) is 6.06. The van der Waals surface area contributed by atoms with Gasteiger partial charge in [0.2, 0.25) is 0 Å². The third-order valence-electron chi connectivity index (χ3n) is 1.65. The maximum atomic E-state index is 10.6. The van der Waals surface area contributed by atoms with Gasteiger partial charge in [-0.2, -0.15) is 0 Å². The Morgan fingerprint density at radius 2 is 2.15 bits per heavy atom. The Kier molecular flexibility index (Phi) is 3.44. The molecule has 0 atom stereocenters. The molecule has 5 heteroatoms. The van der Waals surface area contributed by atoms with Crippen LogP contribution < -0.4 is 0 Å². The molecule has 1 aromatic carbocycles. The highest BCUT2D eigenvalue weighted by atomic mass is 79.9. The number of benzene rings is 1. The van der Waals surface area contributed by atoms with Gasteiger partial charge in [-0.1, -0.05) is 15.9 Å². The molecule has 0 fully saturated rings. The Labute approximate surface area is 92.5 Å². The number of nitro benzene ring substituents is 1. The molecule has 13 heavy (non-hydrogen) atoms. The molecule has 0 saturated carbocycles. The van der Waals surface area contributed by atoms with E-state index in [9.17, 15) is 10.1 Å². The number of hydrogen-bond acceptors (Lipinski definition) is 2. The molecule has 0 spiro atoms. The lowest BCUT2D eigenvalue weighted by Crippen LogP contribution is -1.94.